The summed E-state index contributed by atoms with van der Waals surface area (Å²) in [7, 11) is 1.60. The maximum absolute atomic E-state index is 14.2. The van der Waals surface area contributed by atoms with Crippen LogP contribution in [0.1, 0.15) is 34.1 Å². The molecule has 2 amide bonds. The second-order valence-corrected chi connectivity index (χ2v) is 12.0. The van der Waals surface area contributed by atoms with Crippen molar-refractivity contribution in [1.29, 1.82) is 0 Å². The highest BCUT2D eigenvalue weighted by atomic mass is 32.2. The molecule has 1 aromatic heterocycles. The van der Waals surface area contributed by atoms with Crippen LogP contribution in [0.5, 0.6) is 5.75 Å². The van der Waals surface area contributed by atoms with Crippen LogP contribution in [0.4, 0.5) is 11.4 Å². The molecule has 0 saturated carbocycles. The fourth-order valence-electron chi connectivity index (χ4n) is 5.23. The van der Waals surface area contributed by atoms with Gasteiger partial charge in [-0.15, -0.1) is 0 Å². The maximum Gasteiger partial charge on any atom is 0.251 e. The van der Waals surface area contributed by atoms with E-state index >= 15 is 0 Å². The van der Waals surface area contributed by atoms with Crippen LogP contribution < -0.4 is 15.0 Å². The second-order valence-electron chi connectivity index (χ2n) is 11.0. The normalized spacial score (nSPS) is 13.6. The number of thioether (sulfide) groups is 1. The first kappa shape index (κ1) is 32.0. The highest BCUT2D eigenvalue weighted by Crippen LogP contribution is 2.29. The summed E-state index contributed by atoms with van der Waals surface area (Å²) in [6, 6.07) is 24.0. The van der Waals surface area contributed by atoms with Crippen molar-refractivity contribution in [3.63, 3.8) is 0 Å². The zero-order chi connectivity index (χ0) is 31.8. The van der Waals surface area contributed by atoms with Crippen LogP contribution in [0.25, 0.3) is 0 Å². The molecular weight excluding hydrogens is 586 g/mol. The minimum absolute atomic E-state index is 0.0724. The van der Waals surface area contributed by atoms with Crippen LogP contribution in [-0.4, -0.2) is 65.8 Å². The number of rotatable bonds is 11. The lowest BCUT2D eigenvalue weighted by atomic mass is 10.0. The van der Waals surface area contributed by atoms with Gasteiger partial charge >= 0.3 is 0 Å². The van der Waals surface area contributed by atoms with Crippen LogP contribution in [-0.2, 0) is 20.9 Å². The fourth-order valence-corrected chi connectivity index (χ4v) is 6.06. The van der Waals surface area contributed by atoms with E-state index in [1.807, 2.05) is 87.5 Å². The van der Waals surface area contributed by atoms with Gasteiger partial charge in [-0.1, -0.05) is 53.7 Å². The van der Waals surface area contributed by atoms with E-state index in [-0.39, 0.29) is 24.1 Å². The Kier molecular flexibility index (Phi) is 10.7. The predicted octanol–water partition coefficient (Wildman–Crippen LogP) is 5.75. The Hall–Kier alpha value is -4.41. The Balaban J connectivity index is 1.45. The van der Waals surface area contributed by atoms with Crippen molar-refractivity contribution < 1.29 is 19.1 Å². The summed E-state index contributed by atoms with van der Waals surface area (Å²) in [6.07, 6.45) is 0. The van der Waals surface area contributed by atoms with Gasteiger partial charge in [-0.2, -0.15) is 0 Å². The molecule has 0 aliphatic carbocycles. The predicted molar refractivity (Wildman–Crippen MR) is 178 cm³/mol. The quantitative estimate of drug-likeness (QED) is 0.166. The van der Waals surface area contributed by atoms with E-state index in [1.54, 1.807) is 24.1 Å². The first-order valence-corrected chi connectivity index (χ1v) is 16.0. The van der Waals surface area contributed by atoms with E-state index in [4.69, 9.17) is 9.47 Å². The van der Waals surface area contributed by atoms with E-state index in [2.05, 4.69) is 20.2 Å². The molecule has 1 fully saturated rings. The Labute approximate surface area is 269 Å². The molecule has 0 radical (unpaired) electrons. The lowest BCUT2D eigenvalue weighted by Crippen LogP contribution is -2.41. The molecule has 234 valence electrons. The van der Waals surface area contributed by atoms with E-state index in [0.29, 0.717) is 35.4 Å². The zero-order valence-electron chi connectivity index (χ0n) is 26.2. The zero-order valence-corrected chi connectivity index (χ0v) is 27.0. The van der Waals surface area contributed by atoms with Crippen LogP contribution in [0.15, 0.2) is 84.0 Å². The third-order valence-electron chi connectivity index (χ3n) is 7.58. The fraction of sp³-hybridized carbons (Fsp3) is 0.314. The van der Waals surface area contributed by atoms with Gasteiger partial charge in [0.1, 0.15) is 11.8 Å². The standard InChI is InChI=1S/C35H39N5O4S/c1-24-5-7-27(8-6-24)22-40(32(41)23-45-35-36-25(2)21-26(3)37-35)33(28-9-15-31(43-4)16-10-28)34(42)38-29-11-13-30(14-12-29)39-17-19-44-20-18-39/h5-16,21,33H,17-20,22-23H2,1-4H3,(H,38,42). The van der Waals surface area contributed by atoms with E-state index < -0.39 is 6.04 Å². The van der Waals surface area contributed by atoms with Gasteiger partial charge in [0, 0.05) is 42.4 Å². The van der Waals surface area contributed by atoms with Crippen LogP contribution in [0.3, 0.4) is 0 Å². The van der Waals surface area contributed by atoms with Gasteiger partial charge in [0.2, 0.25) is 5.91 Å². The van der Waals surface area contributed by atoms with Crippen LogP contribution in [0, 0.1) is 20.8 Å². The number of aromatic nitrogens is 2. The summed E-state index contributed by atoms with van der Waals surface area (Å²) in [5, 5.41) is 3.61. The summed E-state index contributed by atoms with van der Waals surface area (Å²) in [5.74, 6) is 0.216. The van der Waals surface area contributed by atoms with Crippen molar-refractivity contribution in [3.05, 3.63) is 107 Å². The minimum Gasteiger partial charge on any atom is -0.497 e. The van der Waals surface area contributed by atoms with Gasteiger partial charge < -0.3 is 24.6 Å². The molecule has 45 heavy (non-hydrogen) atoms. The second kappa shape index (κ2) is 15.0. The topological polar surface area (TPSA) is 96.9 Å². The number of nitrogens with zero attached hydrogens (tertiary/aromatic N) is 4. The molecule has 4 aromatic rings. The molecule has 9 nitrogen and oxygen atoms in total. The number of amides is 2. The number of hydrogen-bond donors (Lipinski definition) is 1. The Morgan fingerprint density at radius 1 is 0.933 bits per heavy atom. The SMILES string of the molecule is COc1ccc(C(C(=O)Nc2ccc(N3CCOCC3)cc2)N(Cc2ccc(C)cc2)C(=O)CSc2nc(C)cc(C)n2)cc1. The number of aryl methyl sites for hydroxylation is 3. The van der Waals surface area contributed by atoms with Crippen molar-refractivity contribution in [2.75, 3.05) is 49.4 Å². The van der Waals surface area contributed by atoms with Gasteiger partial charge in [0.15, 0.2) is 5.16 Å². The molecule has 0 bridgehead atoms. The molecule has 1 aliphatic rings. The molecule has 10 heteroatoms. The molecular formula is C35H39N5O4S. The highest BCUT2D eigenvalue weighted by molar-refractivity contribution is 7.99. The number of benzene rings is 3. The van der Waals surface area contributed by atoms with E-state index in [9.17, 15) is 9.59 Å². The van der Waals surface area contributed by atoms with Crippen molar-refractivity contribution >= 4 is 35.0 Å². The molecule has 1 saturated heterocycles. The maximum atomic E-state index is 14.2. The van der Waals surface area contributed by atoms with Gasteiger partial charge in [0.05, 0.1) is 26.1 Å². The van der Waals surface area contributed by atoms with Gasteiger partial charge in [0.25, 0.3) is 5.91 Å². The van der Waals surface area contributed by atoms with Crippen molar-refractivity contribution in [3.8, 4) is 5.75 Å². The number of carbonyl (C=O) groups is 2. The summed E-state index contributed by atoms with van der Waals surface area (Å²) in [5.41, 5.74) is 6.10. The average molecular weight is 626 g/mol. The molecule has 2 heterocycles. The Bertz CT molecular complexity index is 1570. The molecule has 3 aromatic carbocycles. The van der Waals surface area contributed by atoms with Crippen molar-refractivity contribution in [1.82, 2.24) is 14.9 Å². The smallest absolute Gasteiger partial charge is 0.251 e. The molecule has 0 spiro atoms. The molecule has 1 aliphatic heterocycles. The number of methoxy groups -OCH3 is 1. The summed E-state index contributed by atoms with van der Waals surface area (Å²) in [6.45, 7) is 9.11. The Morgan fingerprint density at radius 3 is 2.20 bits per heavy atom. The number of nitrogens with one attached hydrogen (secondary N) is 1. The monoisotopic (exact) mass is 625 g/mol. The largest absolute Gasteiger partial charge is 0.497 e. The lowest BCUT2D eigenvalue weighted by Gasteiger charge is -2.32. The van der Waals surface area contributed by atoms with Crippen molar-refractivity contribution in [2.45, 2.75) is 38.5 Å². The third kappa shape index (κ3) is 8.61. The van der Waals surface area contributed by atoms with Gasteiger partial charge in [-0.3, -0.25) is 9.59 Å². The Morgan fingerprint density at radius 2 is 1.58 bits per heavy atom. The van der Waals surface area contributed by atoms with Crippen LogP contribution in [0.2, 0.25) is 0 Å². The third-order valence-corrected chi connectivity index (χ3v) is 8.42. The number of morpholine rings is 1. The van der Waals surface area contributed by atoms with Gasteiger partial charge in [-0.25, -0.2) is 9.97 Å². The van der Waals surface area contributed by atoms with Gasteiger partial charge in [-0.05, 0) is 74.4 Å². The number of carbonyl (C=O) groups excluding carboxylic acids is 2. The van der Waals surface area contributed by atoms with E-state index in [1.165, 1.54) is 11.8 Å². The highest BCUT2D eigenvalue weighted by Gasteiger charge is 2.32. The number of ether oxygens (including phenoxy) is 2. The molecule has 1 atom stereocenters. The first-order chi connectivity index (χ1) is 21.8. The molecule has 1 N–H and O–H groups in total. The van der Waals surface area contributed by atoms with E-state index in [0.717, 1.165) is 41.3 Å². The summed E-state index contributed by atoms with van der Waals surface area (Å²) in [4.78, 5) is 41.2. The van der Waals surface area contributed by atoms with Crippen molar-refractivity contribution in [2.24, 2.45) is 0 Å². The number of hydrogen-bond acceptors (Lipinski definition) is 8. The summed E-state index contributed by atoms with van der Waals surface area (Å²) < 4.78 is 10.9. The molecule has 1 unspecified atom stereocenters. The number of anilines is 2. The average Bonchev–Trinajstić information content (AvgIpc) is 3.05. The summed E-state index contributed by atoms with van der Waals surface area (Å²) >= 11 is 1.27. The lowest BCUT2D eigenvalue weighted by molar-refractivity contribution is -0.137. The molecule has 5 rings (SSSR count). The van der Waals surface area contributed by atoms with Crippen LogP contribution >= 0.6 is 11.8 Å². The first-order valence-electron chi connectivity index (χ1n) is 15.0. The minimum atomic E-state index is -0.913.